The van der Waals surface area contributed by atoms with E-state index in [-0.39, 0.29) is 17.7 Å². The summed E-state index contributed by atoms with van der Waals surface area (Å²) in [6.45, 7) is 3.98. The van der Waals surface area contributed by atoms with Crippen LogP contribution in [0.2, 0.25) is 0 Å². The number of methoxy groups -OCH3 is 1. The van der Waals surface area contributed by atoms with E-state index in [0.29, 0.717) is 0 Å². The smallest absolute Gasteiger partial charge is 0.167 e. The Morgan fingerprint density at radius 3 is 2.19 bits per heavy atom. The van der Waals surface area contributed by atoms with Crippen LogP contribution in [0.4, 0.5) is 5.69 Å². The molecule has 0 amide bonds. The number of ketones is 1. The lowest BCUT2D eigenvalue weighted by Gasteiger charge is -2.21. The Kier molecular flexibility index (Phi) is 4.99. The second kappa shape index (κ2) is 6.93. The van der Waals surface area contributed by atoms with Crippen LogP contribution in [-0.4, -0.2) is 18.9 Å². The van der Waals surface area contributed by atoms with Crippen molar-refractivity contribution in [3.8, 4) is 5.75 Å². The zero-order valence-corrected chi connectivity index (χ0v) is 12.7. The molecule has 2 aromatic carbocycles. The van der Waals surface area contributed by atoms with E-state index >= 15 is 0 Å². The van der Waals surface area contributed by atoms with Crippen molar-refractivity contribution in [1.82, 2.24) is 0 Å². The molecular weight excluding hydrogens is 262 g/mol. The summed E-state index contributed by atoms with van der Waals surface area (Å²) in [5.41, 5.74) is 1.74. The van der Waals surface area contributed by atoms with E-state index in [1.54, 1.807) is 7.11 Å². The van der Waals surface area contributed by atoms with Crippen molar-refractivity contribution in [3.05, 3.63) is 60.2 Å². The maximum absolute atomic E-state index is 12.4. The molecule has 0 aromatic heterocycles. The largest absolute Gasteiger partial charge is 0.497 e. The molecule has 0 bridgehead atoms. The fourth-order valence-electron chi connectivity index (χ4n) is 2.17. The summed E-state index contributed by atoms with van der Waals surface area (Å²) in [4.78, 5) is 12.4. The summed E-state index contributed by atoms with van der Waals surface area (Å²) in [6.07, 6.45) is 0. The van der Waals surface area contributed by atoms with Gasteiger partial charge in [0.2, 0.25) is 0 Å². The number of rotatable bonds is 6. The zero-order valence-electron chi connectivity index (χ0n) is 12.7. The molecule has 3 nitrogen and oxygen atoms in total. The molecule has 2 aromatic rings. The Bertz CT molecular complexity index is 578. The number of carbonyl (C=O) groups excluding carboxylic acids is 1. The van der Waals surface area contributed by atoms with Gasteiger partial charge in [-0.25, -0.2) is 0 Å². The highest BCUT2D eigenvalue weighted by molar-refractivity contribution is 5.98. The van der Waals surface area contributed by atoms with Crippen LogP contribution >= 0.6 is 0 Å². The van der Waals surface area contributed by atoms with Gasteiger partial charge in [-0.3, -0.25) is 4.79 Å². The average Bonchev–Trinajstić information content (AvgIpc) is 2.55. The first-order valence-corrected chi connectivity index (χ1v) is 7.11. The van der Waals surface area contributed by atoms with Gasteiger partial charge in [-0.1, -0.05) is 37.3 Å². The maximum Gasteiger partial charge on any atom is 0.167 e. The third-order valence-corrected chi connectivity index (χ3v) is 3.71. The average molecular weight is 283 g/mol. The highest BCUT2D eigenvalue weighted by Gasteiger charge is 2.21. The quantitative estimate of drug-likeness (QED) is 0.814. The predicted octanol–water partition coefficient (Wildman–Crippen LogP) is 4.01. The van der Waals surface area contributed by atoms with Crippen LogP contribution in [0.1, 0.15) is 24.2 Å². The number of hydrogen-bond donors (Lipinski definition) is 1. The lowest BCUT2D eigenvalue weighted by Crippen LogP contribution is -2.30. The van der Waals surface area contributed by atoms with Crippen LogP contribution in [0.15, 0.2) is 54.6 Å². The topological polar surface area (TPSA) is 38.3 Å². The third-order valence-electron chi connectivity index (χ3n) is 3.71. The molecule has 0 radical (unpaired) electrons. The maximum atomic E-state index is 12.4. The van der Waals surface area contributed by atoms with Crippen molar-refractivity contribution in [2.75, 3.05) is 12.4 Å². The molecule has 3 heteroatoms. The second-order valence-corrected chi connectivity index (χ2v) is 5.18. The number of hydrogen-bond acceptors (Lipinski definition) is 3. The summed E-state index contributed by atoms with van der Waals surface area (Å²) in [5.74, 6) is 0.875. The Labute approximate surface area is 126 Å². The van der Waals surface area contributed by atoms with E-state index in [0.717, 1.165) is 17.0 Å². The van der Waals surface area contributed by atoms with E-state index in [9.17, 15) is 4.79 Å². The zero-order chi connectivity index (χ0) is 15.2. The normalized spacial score (nSPS) is 13.3. The van der Waals surface area contributed by atoms with Crippen LogP contribution in [0.3, 0.4) is 0 Å². The van der Waals surface area contributed by atoms with Gasteiger partial charge in [0.05, 0.1) is 7.11 Å². The summed E-state index contributed by atoms with van der Waals surface area (Å²) in [5, 5.41) is 3.37. The number of anilines is 1. The third kappa shape index (κ3) is 3.85. The Morgan fingerprint density at radius 2 is 1.62 bits per heavy atom. The first kappa shape index (κ1) is 15.1. The van der Waals surface area contributed by atoms with Crippen LogP contribution in [0, 0.1) is 5.92 Å². The standard InChI is InChI=1S/C18H21NO2/c1-13(18(20)15-7-5-4-6-8-15)14(2)19-16-9-11-17(21-3)12-10-16/h4-14,19H,1-3H3/t13-,14-/m0/s1. The lowest BCUT2D eigenvalue weighted by atomic mass is 9.93. The van der Waals surface area contributed by atoms with Crippen LogP contribution in [0.5, 0.6) is 5.75 Å². The molecule has 0 saturated carbocycles. The molecule has 21 heavy (non-hydrogen) atoms. The van der Waals surface area contributed by atoms with E-state index in [2.05, 4.69) is 5.32 Å². The van der Waals surface area contributed by atoms with Crippen LogP contribution in [-0.2, 0) is 0 Å². The Morgan fingerprint density at radius 1 is 1.00 bits per heavy atom. The van der Waals surface area contributed by atoms with Gasteiger partial charge in [-0.15, -0.1) is 0 Å². The van der Waals surface area contributed by atoms with Gasteiger partial charge >= 0.3 is 0 Å². The first-order chi connectivity index (χ1) is 10.1. The van der Waals surface area contributed by atoms with Crippen molar-refractivity contribution in [3.63, 3.8) is 0 Å². The molecule has 0 unspecified atom stereocenters. The monoisotopic (exact) mass is 283 g/mol. The van der Waals surface area contributed by atoms with Gasteiger partial charge in [-0.05, 0) is 31.2 Å². The van der Waals surface area contributed by atoms with Gasteiger partial charge < -0.3 is 10.1 Å². The van der Waals surface area contributed by atoms with Gasteiger partial charge in [0.15, 0.2) is 5.78 Å². The minimum Gasteiger partial charge on any atom is -0.497 e. The highest BCUT2D eigenvalue weighted by atomic mass is 16.5. The van der Waals surface area contributed by atoms with E-state index in [1.807, 2.05) is 68.4 Å². The van der Waals surface area contributed by atoms with Crippen molar-refractivity contribution in [2.45, 2.75) is 19.9 Å². The van der Waals surface area contributed by atoms with Gasteiger partial charge in [0.25, 0.3) is 0 Å². The fraction of sp³-hybridized carbons (Fsp3) is 0.278. The fourth-order valence-corrected chi connectivity index (χ4v) is 2.17. The SMILES string of the molecule is COc1ccc(N[C@@H](C)[C@H](C)C(=O)c2ccccc2)cc1. The minimum absolute atomic E-state index is 0.0473. The second-order valence-electron chi connectivity index (χ2n) is 5.18. The molecule has 0 heterocycles. The summed E-state index contributed by atoms with van der Waals surface area (Å²) in [6, 6.07) is 17.2. The van der Waals surface area contributed by atoms with Crippen molar-refractivity contribution in [1.29, 1.82) is 0 Å². The Hall–Kier alpha value is -2.29. The molecule has 0 aliphatic carbocycles. The molecule has 0 aliphatic heterocycles. The molecule has 2 rings (SSSR count). The first-order valence-electron chi connectivity index (χ1n) is 7.11. The molecule has 2 atom stereocenters. The molecule has 1 N–H and O–H groups in total. The molecule has 0 saturated heterocycles. The van der Waals surface area contributed by atoms with E-state index in [1.165, 1.54) is 0 Å². The van der Waals surface area contributed by atoms with Gasteiger partial charge in [0, 0.05) is 23.2 Å². The Balaban J connectivity index is 2.01. The molecular formula is C18H21NO2. The lowest BCUT2D eigenvalue weighted by molar-refractivity contribution is 0.0921. The summed E-state index contributed by atoms with van der Waals surface area (Å²) >= 11 is 0. The van der Waals surface area contributed by atoms with E-state index in [4.69, 9.17) is 4.74 Å². The summed E-state index contributed by atoms with van der Waals surface area (Å²) in [7, 11) is 1.64. The predicted molar refractivity (Wildman–Crippen MR) is 86.0 cm³/mol. The summed E-state index contributed by atoms with van der Waals surface area (Å²) < 4.78 is 5.14. The van der Waals surface area contributed by atoms with Crippen LogP contribution < -0.4 is 10.1 Å². The minimum atomic E-state index is -0.102. The van der Waals surface area contributed by atoms with Crippen LogP contribution in [0.25, 0.3) is 0 Å². The number of nitrogens with one attached hydrogen (secondary N) is 1. The number of benzene rings is 2. The van der Waals surface area contributed by atoms with Gasteiger partial charge in [-0.2, -0.15) is 0 Å². The van der Waals surface area contributed by atoms with Gasteiger partial charge in [0.1, 0.15) is 5.75 Å². The van der Waals surface area contributed by atoms with Crippen molar-refractivity contribution < 1.29 is 9.53 Å². The highest BCUT2D eigenvalue weighted by Crippen LogP contribution is 2.19. The molecule has 0 aliphatic rings. The van der Waals surface area contributed by atoms with Crippen molar-refractivity contribution in [2.24, 2.45) is 5.92 Å². The number of ether oxygens (including phenoxy) is 1. The molecule has 0 spiro atoms. The van der Waals surface area contributed by atoms with Crippen molar-refractivity contribution >= 4 is 11.5 Å². The molecule has 110 valence electrons. The van der Waals surface area contributed by atoms with E-state index < -0.39 is 0 Å². The number of Topliss-reactive ketones (excluding diaryl/α,β-unsaturated/α-hetero) is 1. The number of carbonyl (C=O) groups is 1. The molecule has 0 fully saturated rings.